The lowest BCUT2D eigenvalue weighted by atomic mass is 10.1. The summed E-state index contributed by atoms with van der Waals surface area (Å²) in [5.74, 6) is 0. The van der Waals surface area contributed by atoms with Gasteiger partial charge in [-0.2, -0.15) is 0 Å². The van der Waals surface area contributed by atoms with Crippen molar-refractivity contribution in [3.63, 3.8) is 0 Å². The Morgan fingerprint density at radius 2 is 2.00 bits per heavy atom. The summed E-state index contributed by atoms with van der Waals surface area (Å²) in [4.78, 5) is 0. The summed E-state index contributed by atoms with van der Waals surface area (Å²) in [6.07, 6.45) is 0. The van der Waals surface area contributed by atoms with E-state index >= 15 is 0 Å². The van der Waals surface area contributed by atoms with E-state index in [2.05, 4.69) is 36.5 Å². The van der Waals surface area contributed by atoms with Crippen LogP contribution in [-0.2, 0) is 6.54 Å². The topological polar surface area (TPSA) is 32.3 Å². The second kappa shape index (κ2) is 6.11. The summed E-state index contributed by atoms with van der Waals surface area (Å²) in [6.45, 7) is 7.11. The quantitative estimate of drug-likeness (QED) is 0.831. The summed E-state index contributed by atoms with van der Waals surface area (Å²) in [5, 5.41) is 12.7. The van der Waals surface area contributed by atoms with Crippen LogP contribution in [0.25, 0.3) is 0 Å². The van der Waals surface area contributed by atoms with Crippen LogP contribution in [0, 0.1) is 6.92 Å². The van der Waals surface area contributed by atoms with E-state index in [1.54, 1.807) is 13.8 Å². The number of benzene rings is 1. The maximum atomic E-state index is 9.49. The molecule has 0 aromatic heterocycles. The number of hydrogen-bond donors (Lipinski definition) is 2. The van der Waals surface area contributed by atoms with Crippen molar-refractivity contribution >= 4 is 12.4 Å². The highest BCUT2D eigenvalue weighted by Gasteiger charge is 2.10. The number of nitrogens with one attached hydrogen (secondary N) is 1. The van der Waals surface area contributed by atoms with Gasteiger partial charge < -0.3 is 10.4 Å². The molecule has 15 heavy (non-hydrogen) atoms. The molecule has 0 atom stereocenters. The zero-order valence-electron chi connectivity index (χ0n) is 9.58. The summed E-state index contributed by atoms with van der Waals surface area (Å²) in [6, 6.07) is 8.37. The Balaban J connectivity index is 0.00000196. The first-order valence-corrected chi connectivity index (χ1v) is 4.96. The fourth-order valence-corrected chi connectivity index (χ4v) is 1.33. The minimum atomic E-state index is -0.635. The average molecular weight is 230 g/mol. The Morgan fingerprint density at radius 1 is 1.33 bits per heavy atom. The first kappa shape index (κ1) is 14.4. The predicted molar refractivity (Wildman–Crippen MR) is 66.4 cm³/mol. The normalized spacial score (nSPS) is 10.9. The minimum absolute atomic E-state index is 0. The molecule has 2 N–H and O–H groups in total. The summed E-state index contributed by atoms with van der Waals surface area (Å²) in [5.41, 5.74) is 1.89. The molecule has 0 radical (unpaired) electrons. The minimum Gasteiger partial charge on any atom is -0.389 e. The highest BCUT2D eigenvalue weighted by Crippen LogP contribution is 2.04. The fourth-order valence-electron chi connectivity index (χ4n) is 1.33. The zero-order chi connectivity index (χ0) is 10.6. The number of aryl methyl sites for hydroxylation is 1. The molecule has 0 spiro atoms. The van der Waals surface area contributed by atoms with Gasteiger partial charge in [0.05, 0.1) is 5.60 Å². The Morgan fingerprint density at radius 3 is 2.53 bits per heavy atom. The molecule has 1 aromatic carbocycles. The Kier molecular flexibility index (Phi) is 5.88. The van der Waals surface area contributed by atoms with Gasteiger partial charge in [0.2, 0.25) is 0 Å². The molecule has 0 saturated heterocycles. The van der Waals surface area contributed by atoms with Gasteiger partial charge >= 0.3 is 0 Å². The molecular weight excluding hydrogens is 210 g/mol. The van der Waals surface area contributed by atoms with Crippen LogP contribution in [0.2, 0.25) is 0 Å². The lowest BCUT2D eigenvalue weighted by molar-refractivity contribution is 0.0795. The van der Waals surface area contributed by atoms with E-state index < -0.39 is 5.60 Å². The first-order chi connectivity index (χ1) is 6.47. The highest BCUT2D eigenvalue weighted by molar-refractivity contribution is 5.85. The van der Waals surface area contributed by atoms with Crippen molar-refractivity contribution in [2.75, 3.05) is 6.54 Å². The van der Waals surface area contributed by atoms with Crippen molar-refractivity contribution in [2.45, 2.75) is 32.9 Å². The van der Waals surface area contributed by atoms with E-state index in [0.29, 0.717) is 6.54 Å². The molecule has 0 unspecified atom stereocenters. The van der Waals surface area contributed by atoms with E-state index in [9.17, 15) is 5.11 Å². The van der Waals surface area contributed by atoms with Gasteiger partial charge in [-0.1, -0.05) is 29.8 Å². The molecule has 0 heterocycles. The summed E-state index contributed by atoms with van der Waals surface area (Å²) in [7, 11) is 0. The molecule has 3 heteroatoms. The van der Waals surface area contributed by atoms with E-state index in [-0.39, 0.29) is 12.4 Å². The number of rotatable bonds is 4. The smallest absolute Gasteiger partial charge is 0.0715 e. The molecule has 1 aromatic rings. The predicted octanol–water partition coefficient (Wildman–Crippen LogP) is 2.28. The van der Waals surface area contributed by atoms with E-state index in [4.69, 9.17) is 0 Å². The number of halogens is 1. The summed E-state index contributed by atoms with van der Waals surface area (Å²) >= 11 is 0. The number of hydrogen-bond acceptors (Lipinski definition) is 2. The molecule has 0 saturated carbocycles. The van der Waals surface area contributed by atoms with Gasteiger partial charge in [0.25, 0.3) is 0 Å². The van der Waals surface area contributed by atoms with Gasteiger partial charge in [-0.15, -0.1) is 12.4 Å². The second-order valence-electron chi connectivity index (χ2n) is 4.41. The standard InChI is InChI=1S/C12H19NO.ClH/c1-10-5-4-6-11(7-10)8-13-9-12(2,3)14;/h4-7,13-14H,8-9H2,1-3H3;1H. The maximum Gasteiger partial charge on any atom is 0.0715 e. The van der Waals surface area contributed by atoms with E-state index in [1.807, 2.05) is 0 Å². The van der Waals surface area contributed by atoms with Crippen molar-refractivity contribution in [3.8, 4) is 0 Å². The molecule has 0 fully saturated rings. The SMILES string of the molecule is Cc1cccc(CNCC(C)(C)O)c1.Cl. The van der Waals surface area contributed by atoms with Crippen LogP contribution >= 0.6 is 12.4 Å². The van der Waals surface area contributed by atoms with Gasteiger partial charge in [-0.25, -0.2) is 0 Å². The van der Waals surface area contributed by atoms with Crippen LogP contribution in [-0.4, -0.2) is 17.3 Å². The van der Waals surface area contributed by atoms with Crippen molar-refractivity contribution in [3.05, 3.63) is 35.4 Å². The third-order valence-electron chi connectivity index (χ3n) is 1.97. The van der Waals surface area contributed by atoms with Crippen LogP contribution in [0.5, 0.6) is 0 Å². The van der Waals surface area contributed by atoms with Crippen LogP contribution in [0.4, 0.5) is 0 Å². The van der Waals surface area contributed by atoms with Crippen molar-refractivity contribution in [2.24, 2.45) is 0 Å². The third-order valence-corrected chi connectivity index (χ3v) is 1.97. The van der Waals surface area contributed by atoms with Crippen molar-refractivity contribution < 1.29 is 5.11 Å². The second-order valence-corrected chi connectivity index (χ2v) is 4.41. The Bertz CT molecular complexity index is 294. The van der Waals surface area contributed by atoms with Crippen molar-refractivity contribution in [1.29, 1.82) is 0 Å². The monoisotopic (exact) mass is 229 g/mol. The van der Waals surface area contributed by atoms with Crippen LogP contribution in [0.15, 0.2) is 24.3 Å². The first-order valence-electron chi connectivity index (χ1n) is 4.96. The lowest BCUT2D eigenvalue weighted by Crippen LogP contribution is -2.34. The largest absolute Gasteiger partial charge is 0.389 e. The molecule has 86 valence electrons. The zero-order valence-corrected chi connectivity index (χ0v) is 10.4. The van der Waals surface area contributed by atoms with Gasteiger partial charge in [0, 0.05) is 13.1 Å². The maximum absolute atomic E-state index is 9.49. The molecule has 0 aliphatic heterocycles. The Hall–Kier alpha value is -0.570. The van der Waals surface area contributed by atoms with Crippen LogP contribution in [0.3, 0.4) is 0 Å². The van der Waals surface area contributed by atoms with Gasteiger partial charge in [-0.05, 0) is 26.3 Å². The van der Waals surface area contributed by atoms with Gasteiger partial charge in [0.15, 0.2) is 0 Å². The third kappa shape index (κ3) is 6.50. The van der Waals surface area contributed by atoms with Gasteiger partial charge in [-0.3, -0.25) is 0 Å². The highest BCUT2D eigenvalue weighted by atomic mass is 35.5. The fraction of sp³-hybridized carbons (Fsp3) is 0.500. The molecule has 0 aliphatic carbocycles. The summed E-state index contributed by atoms with van der Waals surface area (Å²) < 4.78 is 0. The molecule has 1 rings (SSSR count). The van der Waals surface area contributed by atoms with E-state index in [0.717, 1.165) is 6.54 Å². The van der Waals surface area contributed by atoms with Crippen molar-refractivity contribution in [1.82, 2.24) is 5.32 Å². The molecule has 2 nitrogen and oxygen atoms in total. The van der Waals surface area contributed by atoms with Crippen LogP contribution in [0.1, 0.15) is 25.0 Å². The van der Waals surface area contributed by atoms with E-state index in [1.165, 1.54) is 11.1 Å². The molecule has 0 bridgehead atoms. The average Bonchev–Trinajstić information content (AvgIpc) is 2.01. The van der Waals surface area contributed by atoms with Gasteiger partial charge in [0.1, 0.15) is 0 Å². The molecular formula is C12H20ClNO. The molecule has 0 amide bonds. The van der Waals surface area contributed by atoms with Crippen LogP contribution < -0.4 is 5.32 Å². The Labute approximate surface area is 98.1 Å². The lowest BCUT2D eigenvalue weighted by Gasteiger charge is -2.17. The number of aliphatic hydroxyl groups is 1. The molecule has 0 aliphatic rings.